The average molecular weight is 471 g/mol. The first-order chi connectivity index (χ1) is 17.0. The van der Waals surface area contributed by atoms with Crippen LogP contribution in [0.4, 0.5) is 0 Å². The molecular weight excluding hydrogens is 444 g/mol. The van der Waals surface area contributed by atoms with Crippen LogP contribution in [0.3, 0.4) is 0 Å². The topological polar surface area (TPSA) is 79.7 Å². The molecule has 0 aliphatic heterocycles. The minimum atomic E-state index is -0.466. The molecular formula is C28H26N2O5. The summed E-state index contributed by atoms with van der Waals surface area (Å²) in [5, 5.41) is 0.500. The highest BCUT2D eigenvalue weighted by atomic mass is 16.6. The van der Waals surface area contributed by atoms with Gasteiger partial charge in [-0.05, 0) is 48.4 Å². The van der Waals surface area contributed by atoms with Crippen molar-refractivity contribution in [1.82, 2.24) is 9.55 Å². The molecule has 178 valence electrons. The zero-order chi connectivity index (χ0) is 24.9. The van der Waals surface area contributed by atoms with Crippen LogP contribution >= 0.6 is 0 Å². The van der Waals surface area contributed by atoms with Crippen LogP contribution in [0.1, 0.15) is 30.8 Å². The van der Waals surface area contributed by atoms with Gasteiger partial charge in [-0.3, -0.25) is 14.2 Å². The van der Waals surface area contributed by atoms with Crippen molar-refractivity contribution in [2.24, 2.45) is 0 Å². The van der Waals surface area contributed by atoms with Gasteiger partial charge in [-0.2, -0.15) is 0 Å². The Bertz CT molecular complexity index is 1460. The van der Waals surface area contributed by atoms with Crippen LogP contribution in [-0.4, -0.2) is 29.7 Å². The SMILES string of the molecule is CCc1cccc(OC)c1-n1c(/C=C/c2cccc(OC)c2OC(C)=O)nc2ccccc2c1=O. The summed E-state index contributed by atoms with van der Waals surface area (Å²) >= 11 is 0. The van der Waals surface area contributed by atoms with E-state index in [9.17, 15) is 9.59 Å². The molecule has 0 atom stereocenters. The number of nitrogens with zero attached hydrogens (tertiary/aromatic N) is 2. The summed E-state index contributed by atoms with van der Waals surface area (Å²) < 4.78 is 18.0. The highest BCUT2D eigenvalue weighted by Crippen LogP contribution is 2.33. The van der Waals surface area contributed by atoms with Crippen molar-refractivity contribution in [1.29, 1.82) is 0 Å². The van der Waals surface area contributed by atoms with Crippen LogP contribution < -0.4 is 19.8 Å². The number of ether oxygens (including phenoxy) is 3. The molecule has 4 aromatic rings. The first-order valence-corrected chi connectivity index (χ1v) is 11.2. The second-order valence-electron chi connectivity index (χ2n) is 7.75. The van der Waals surface area contributed by atoms with E-state index in [2.05, 4.69) is 0 Å². The van der Waals surface area contributed by atoms with Gasteiger partial charge in [0.15, 0.2) is 11.5 Å². The Morgan fingerprint density at radius 3 is 2.37 bits per heavy atom. The van der Waals surface area contributed by atoms with Crippen molar-refractivity contribution in [3.8, 4) is 22.9 Å². The summed E-state index contributed by atoms with van der Waals surface area (Å²) in [5.41, 5.74) is 2.56. The van der Waals surface area contributed by atoms with Gasteiger partial charge in [-0.15, -0.1) is 0 Å². The molecule has 7 heteroatoms. The lowest BCUT2D eigenvalue weighted by Gasteiger charge is -2.18. The number of esters is 1. The number of aromatic nitrogens is 2. The van der Waals surface area contributed by atoms with E-state index < -0.39 is 5.97 Å². The van der Waals surface area contributed by atoms with Gasteiger partial charge in [0.05, 0.1) is 30.8 Å². The first-order valence-electron chi connectivity index (χ1n) is 11.2. The summed E-state index contributed by atoms with van der Waals surface area (Å²) in [4.78, 5) is 30.3. The molecule has 0 fully saturated rings. The van der Waals surface area contributed by atoms with Crippen molar-refractivity contribution in [3.63, 3.8) is 0 Å². The zero-order valence-corrected chi connectivity index (χ0v) is 20.1. The molecule has 0 aliphatic rings. The highest BCUT2D eigenvalue weighted by Gasteiger charge is 2.18. The Labute approximate surface area is 203 Å². The van der Waals surface area contributed by atoms with Crippen LogP contribution in [0, 0.1) is 0 Å². The number of carbonyl (C=O) groups excluding carboxylic acids is 1. The fraction of sp³-hybridized carbons (Fsp3) is 0.179. The second-order valence-corrected chi connectivity index (χ2v) is 7.75. The van der Waals surface area contributed by atoms with Gasteiger partial charge in [-0.25, -0.2) is 4.98 Å². The lowest BCUT2D eigenvalue weighted by atomic mass is 10.1. The van der Waals surface area contributed by atoms with E-state index in [0.29, 0.717) is 51.6 Å². The summed E-state index contributed by atoms with van der Waals surface area (Å²) in [6.45, 7) is 3.35. The Balaban J connectivity index is 2.00. The third-order valence-corrected chi connectivity index (χ3v) is 5.60. The molecule has 0 aliphatic carbocycles. The van der Waals surface area contributed by atoms with E-state index in [1.165, 1.54) is 14.0 Å². The van der Waals surface area contributed by atoms with E-state index in [0.717, 1.165) is 5.56 Å². The predicted molar refractivity (Wildman–Crippen MR) is 137 cm³/mol. The largest absolute Gasteiger partial charge is 0.495 e. The molecule has 0 bridgehead atoms. The maximum atomic E-state index is 13.8. The molecule has 0 amide bonds. The van der Waals surface area contributed by atoms with E-state index >= 15 is 0 Å². The minimum Gasteiger partial charge on any atom is -0.495 e. The van der Waals surface area contributed by atoms with Gasteiger partial charge in [0.2, 0.25) is 0 Å². The summed E-state index contributed by atoms with van der Waals surface area (Å²) in [6.07, 6.45) is 4.16. The Morgan fingerprint density at radius 2 is 1.66 bits per heavy atom. The molecule has 0 saturated heterocycles. The number of methoxy groups -OCH3 is 2. The standard InChI is InChI=1S/C28H26N2O5/c1-5-19-10-8-14-23(33-3)26(19)30-25(29-22-13-7-6-12-21(22)28(30)32)17-16-20-11-9-15-24(34-4)27(20)35-18(2)31/h6-17H,5H2,1-4H3/b17-16+. The Kier molecular flexibility index (Phi) is 6.96. The van der Waals surface area contributed by atoms with Crippen molar-refractivity contribution >= 4 is 29.0 Å². The highest BCUT2D eigenvalue weighted by molar-refractivity contribution is 5.82. The third-order valence-electron chi connectivity index (χ3n) is 5.60. The molecule has 1 heterocycles. The van der Waals surface area contributed by atoms with Crippen molar-refractivity contribution in [2.45, 2.75) is 20.3 Å². The number of aryl methyl sites for hydroxylation is 1. The Hall–Kier alpha value is -4.39. The Morgan fingerprint density at radius 1 is 0.943 bits per heavy atom. The molecule has 0 N–H and O–H groups in total. The molecule has 0 saturated carbocycles. The second kappa shape index (κ2) is 10.3. The molecule has 1 aromatic heterocycles. The average Bonchev–Trinajstić information content (AvgIpc) is 2.87. The van der Waals surface area contributed by atoms with Gasteiger partial charge < -0.3 is 14.2 Å². The minimum absolute atomic E-state index is 0.208. The number of hydrogen-bond donors (Lipinski definition) is 0. The fourth-order valence-corrected chi connectivity index (χ4v) is 3.99. The van der Waals surface area contributed by atoms with Gasteiger partial charge in [-0.1, -0.05) is 43.3 Å². The molecule has 0 unspecified atom stereocenters. The fourth-order valence-electron chi connectivity index (χ4n) is 3.99. The maximum Gasteiger partial charge on any atom is 0.308 e. The van der Waals surface area contributed by atoms with Crippen molar-refractivity contribution in [2.75, 3.05) is 14.2 Å². The van der Waals surface area contributed by atoms with Crippen molar-refractivity contribution < 1.29 is 19.0 Å². The van der Waals surface area contributed by atoms with Crippen LogP contribution in [0.2, 0.25) is 0 Å². The molecule has 0 spiro atoms. The van der Waals surface area contributed by atoms with E-state index in [1.54, 1.807) is 54.2 Å². The summed E-state index contributed by atoms with van der Waals surface area (Å²) in [5.74, 6) is 1.22. The normalized spacial score (nSPS) is 11.1. The summed E-state index contributed by atoms with van der Waals surface area (Å²) in [7, 11) is 3.08. The number of benzene rings is 3. The lowest BCUT2D eigenvalue weighted by Crippen LogP contribution is -2.24. The number of carbonyl (C=O) groups is 1. The van der Waals surface area contributed by atoms with E-state index in [4.69, 9.17) is 19.2 Å². The number of hydrogen-bond acceptors (Lipinski definition) is 6. The van der Waals surface area contributed by atoms with Crippen LogP contribution in [-0.2, 0) is 11.2 Å². The van der Waals surface area contributed by atoms with E-state index in [-0.39, 0.29) is 5.56 Å². The number of para-hydroxylation sites is 3. The summed E-state index contributed by atoms with van der Waals surface area (Å²) in [6, 6.07) is 18.2. The monoisotopic (exact) mass is 470 g/mol. The lowest BCUT2D eigenvalue weighted by molar-refractivity contribution is -0.132. The van der Waals surface area contributed by atoms with Gasteiger partial charge in [0.1, 0.15) is 11.6 Å². The first kappa shape index (κ1) is 23.8. The van der Waals surface area contributed by atoms with Crippen LogP contribution in [0.5, 0.6) is 17.2 Å². The van der Waals surface area contributed by atoms with Crippen LogP contribution in [0.25, 0.3) is 28.7 Å². The quantitative estimate of drug-likeness (QED) is 0.277. The molecule has 4 rings (SSSR count). The van der Waals surface area contributed by atoms with Crippen molar-refractivity contribution in [3.05, 3.63) is 88.0 Å². The number of rotatable bonds is 7. The third kappa shape index (κ3) is 4.66. The maximum absolute atomic E-state index is 13.8. The zero-order valence-electron chi connectivity index (χ0n) is 20.1. The molecule has 35 heavy (non-hydrogen) atoms. The van der Waals surface area contributed by atoms with Gasteiger partial charge in [0.25, 0.3) is 5.56 Å². The van der Waals surface area contributed by atoms with Gasteiger partial charge in [0, 0.05) is 12.5 Å². The molecule has 0 radical (unpaired) electrons. The van der Waals surface area contributed by atoms with Crippen LogP contribution in [0.15, 0.2) is 65.5 Å². The van der Waals surface area contributed by atoms with E-state index in [1.807, 2.05) is 37.3 Å². The molecule has 7 nitrogen and oxygen atoms in total. The van der Waals surface area contributed by atoms with Gasteiger partial charge >= 0.3 is 5.97 Å². The molecule has 3 aromatic carbocycles. The number of fused-ring (bicyclic) bond motifs is 1. The smallest absolute Gasteiger partial charge is 0.308 e. The predicted octanol–water partition coefficient (Wildman–Crippen LogP) is 5.06.